The van der Waals surface area contributed by atoms with Crippen molar-refractivity contribution in [1.82, 2.24) is 9.97 Å². The quantitative estimate of drug-likeness (QED) is 0.674. The third-order valence-electron chi connectivity index (χ3n) is 2.90. The van der Waals surface area contributed by atoms with Crippen molar-refractivity contribution in [2.45, 2.75) is 20.3 Å². The van der Waals surface area contributed by atoms with Gasteiger partial charge in [-0.1, -0.05) is 19.1 Å². The molecule has 0 aliphatic carbocycles. The van der Waals surface area contributed by atoms with Crippen LogP contribution < -0.4 is 5.32 Å². The van der Waals surface area contributed by atoms with E-state index >= 15 is 0 Å². The van der Waals surface area contributed by atoms with Gasteiger partial charge in [-0.25, -0.2) is 14.4 Å². The zero-order chi connectivity index (χ0) is 15.4. The van der Waals surface area contributed by atoms with E-state index in [1.807, 2.05) is 6.92 Å². The highest BCUT2D eigenvalue weighted by Crippen LogP contribution is 2.28. The molecule has 0 fully saturated rings. The standard InChI is InChI=1S/C14H15FN4O2/c1-3-8-16-14-12(15)9(2)17-13(18-14)10-6-4-5-7-11(10)19(20)21/h4-7H,3,8H2,1-2H3,(H,16,17,18). The van der Waals surface area contributed by atoms with Crippen molar-refractivity contribution in [3.05, 3.63) is 45.9 Å². The molecule has 0 bridgehead atoms. The summed E-state index contributed by atoms with van der Waals surface area (Å²) in [5, 5.41) is 13.9. The number of nitro benzene ring substituents is 1. The molecule has 0 spiro atoms. The maximum absolute atomic E-state index is 14.0. The van der Waals surface area contributed by atoms with E-state index in [1.54, 1.807) is 18.2 Å². The minimum Gasteiger partial charge on any atom is -0.368 e. The number of hydrogen-bond donors (Lipinski definition) is 1. The van der Waals surface area contributed by atoms with Gasteiger partial charge in [-0.2, -0.15) is 0 Å². The van der Waals surface area contributed by atoms with Gasteiger partial charge in [0.1, 0.15) is 0 Å². The summed E-state index contributed by atoms with van der Waals surface area (Å²) in [6.07, 6.45) is 0.809. The predicted molar refractivity (Wildman–Crippen MR) is 77.6 cm³/mol. The fraction of sp³-hybridized carbons (Fsp3) is 0.286. The van der Waals surface area contributed by atoms with Crippen LogP contribution in [0, 0.1) is 22.9 Å². The molecule has 0 aliphatic rings. The molecular formula is C14H15FN4O2. The second kappa shape index (κ2) is 6.25. The van der Waals surface area contributed by atoms with Crippen molar-refractivity contribution in [1.29, 1.82) is 0 Å². The number of benzene rings is 1. The zero-order valence-electron chi connectivity index (χ0n) is 11.8. The van der Waals surface area contributed by atoms with Crippen LogP contribution in [-0.2, 0) is 0 Å². The molecule has 2 rings (SSSR count). The van der Waals surface area contributed by atoms with Crippen LogP contribution in [-0.4, -0.2) is 21.4 Å². The summed E-state index contributed by atoms with van der Waals surface area (Å²) in [6, 6.07) is 6.14. The number of nitrogens with one attached hydrogen (secondary N) is 1. The molecule has 2 aromatic rings. The highest BCUT2D eigenvalue weighted by Gasteiger charge is 2.19. The molecule has 0 unspecified atom stereocenters. The Morgan fingerprint density at radius 3 is 2.71 bits per heavy atom. The van der Waals surface area contributed by atoms with Crippen molar-refractivity contribution in [3.63, 3.8) is 0 Å². The molecule has 21 heavy (non-hydrogen) atoms. The summed E-state index contributed by atoms with van der Waals surface area (Å²) in [5.74, 6) is -0.330. The first-order valence-corrected chi connectivity index (χ1v) is 6.56. The number of halogens is 1. The van der Waals surface area contributed by atoms with Gasteiger partial charge in [0.15, 0.2) is 17.5 Å². The number of aromatic nitrogens is 2. The van der Waals surface area contributed by atoms with Crippen molar-refractivity contribution >= 4 is 11.5 Å². The molecule has 0 amide bonds. The molecule has 110 valence electrons. The molecule has 0 saturated carbocycles. The minimum atomic E-state index is -0.536. The maximum atomic E-state index is 14.0. The van der Waals surface area contributed by atoms with Crippen LogP contribution in [0.1, 0.15) is 19.0 Å². The topological polar surface area (TPSA) is 81.0 Å². The summed E-state index contributed by atoms with van der Waals surface area (Å²) in [6.45, 7) is 4.01. The number of aryl methyl sites for hydroxylation is 1. The van der Waals surface area contributed by atoms with Crippen LogP contribution in [0.15, 0.2) is 24.3 Å². The van der Waals surface area contributed by atoms with Crippen LogP contribution >= 0.6 is 0 Å². The van der Waals surface area contributed by atoms with Gasteiger partial charge in [0.05, 0.1) is 16.2 Å². The number of nitrogens with zero attached hydrogens (tertiary/aromatic N) is 3. The zero-order valence-corrected chi connectivity index (χ0v) is 11.8. The average Bonchev–Trinajstić information content (AvgIpc) is 2.48. The lowest BCUT2D eigenvalue weighted by atomic mass is 10.1. The molecule has 1 N–H and O–H groups in total. The predicted octanol–water partition coefficient (Wildman–Crippen LogP) is 3.32. The maximum Gasteiger partial charge on any atom is 0.280 e. The molecule has 0 aliphatic heterocycles. The average molecular weight is 290 g/mol. The minimum absolute atomic E-state index is 0.0671. The molecule has 1 aromatic heterocycles. The Hall–Kier alpha value is -2.57. The van der Waals surface area contributed by atoms with Gasteiger partial charge >= 0.3 is 0 Å². The summed E-state index contributed by atoms with van der Waals surface area (Å²) in [7, 11) is 0. The van der Waals surface area contributed by atoms with Gasteiger partial charge in [-0.05, 0) is 19.4 Å². The van der Waals surface area contributed by atoms with E-state index in [0.717, 1.165) is 6.42 Å². The second-order valence-corrected chi connectivity index (χ2v) is 4.50. The molecule has 6 nitrogen and oxygen atoms in total. The Balaban J connectivity index is 2.54. The smallest absolute Gasteiger partial charge is 0.280 e. The largest absolute Gasteiger partial charge is 0.368 e. The van der Waals surface area contributed by atoms with Crippen LogP contribution in [0.25, 0.3) is 11.4 Å². The summed E-state index contributed by atoms with van der Waals surface area (Å²) in [4.78, 5) is 18.7. The van der Waals surface area contributed by atoms with Gasteiger partial charge in [0.2, 0.25) is 0 Å². The summed E-state index contributed by atoms with van der Waals surface area (Å²) < 4.78 is 14.0. The Morgan fingerprint density at radius 1 is 1.33 bits per heavy atom. The number of anilines is 1. The lowest BCUT2D eigenvalue weighted by molar-refractivity contribution is -0.384. The van der Waals surface area contributed by atoms with E-state index in [9.17, 15) is 14.5 Å². The lowest BCUT2D eigenvalue weighted by Gasteiger charge is -2.09. The van der Waals surface area contributed by atoms with Crippen molar-refractivity contribution in [3.8, 4) is 11.4 Å². The molecule has 0 saturated heterocycles. The van der Waals surface area contributed by atoms with Crippen molar-refractivity contribution in [2.75, 3.05) is 11.9 Å². The molecule has 0 radical (unpaired) electrons. The second-order valence-electron chi connectivity index (χ2n) is 4.50. The van der Waals surface area contributed by atoms with E-state index in [1.165, 1.54) is 13.0 Å². The van der Waals surface area contributed by atoms with E-state index in [2.05, 4.69) is 15.3 Å². The summed E-state index contributed by atoms with van der Waals surface area (Å²) in [5.41, 5.74) is 0.312. The Labute approximate surface area is 121 Å². The van der Waals surface area contributed by atoms with Crippen LogP contribution in [0.2, 0.25) is 0 Å². The number of rotatable bonds is 5. The molecule has 1 aromatic carbocycles. The van der Waals surface area contributed by atoms with E-state index in [0.29, 0.717) is 6.54 Å². The van der Waals surface area contributed by atoms with E-state index in [4.69, 9.17) is 0 Å². The van der Waals surface area contributed by atoms with Crippen molar-refractivity contribution in [2.24, 2.45) is 0 Å². The Bertz CT molecular complexity index is 676. The van der Waals surface area contributed by atoms with Gasteiger partial charge in [-0.15, -0.1) is 0 Å². The SMILES string of the molecule is CCCNc1nc(-c2ccccc2[N+](=O)[O-])nc(C)c1F. The Kier molecular flexibility index (Phi) is 4.42. The fourth-order valence-corrected chi connectivity index (χ4v) is 1.86. The molecule has 7 heteroatoms. The summed E-state index contributed by atoms with van der Waals surface area (Å²) >= 11 is 0. The fourth-order valence-electron chi connectivity index (χ4n) is 1.86. The van der Waals surface area contributed by atoms with Gasteiger partial charge in [-0.3, -0.25) is 10.1 Å². The van der Waals surface area contributed by atoms with Crippen LogP contribution in [0.4, 0.5) is 15.9 Å². The van der Waals surface area contributed by atoms with Crippen LogP contribution in [0.5, 0.6) is 0 Å². The third-order valence-corrected chi connectivity index (χ3v) is 2.90. The van der Waals surface area contributed by atoms with Gasteiger partial charge in [0, 0.05) is 12.6 Å². The third kappa shape index (κ3) is 3.13. The van der Waals surface area contributed by atoms with E-state index in [-0.39, 0.29) is 28.6 Å². The van der Waals surface area contributed by atoms with Gasteiger partial charge < -0.3 is 5.32 Å². The first kappa shape index (κ1) is 14.8. The normalized spacial score (nSPS) is 10.4. The number of hydrogen-bond acceptors (Lipinski definition) is 5. The number of para-hydroxylation sites is 1. The first-order valence-electron chi connectivity index (χ1n) is 6.56. The molecular weight excluding hydrogens is 275 g/mol. The van der Waals surface area contributed by atoms with Crippen molar-refractivity contribution < 1.29 is 9.31 Å². The highest BCUT2D eigenvalue weighted by atomic mass is 19.1. The van der Waals surface area contributed by atoms with Crippen LogP contribution in [0.3, 0.4) is 0 Å². The monoisotopic (exact) mass is 290 g/mol. The highest BCUT2D eigenvalue weighted by molar-refractivity contribution is 5.68. The first-order chi connectivity index (χ1) is 10.0. The lowest BCUT2D eigenvalue weighted by Crippen LogP contribution is -2.08. The van der Waals surface area contributed by atoms with Gasteiger partial charge in [0.25, 0.3) is 5.69 Å². The van der Waals surface area contributed by atoms with E-state index < -0.39 is 10.7 Å². The Morgan fingerprint density at radius 2 is 2.05 bits per heavy atom. The molecule has 1 heterocycles. The number of nitro groups is 1. The molecule has 0 atom stereocenters.